The fraction of sp³-hybridized carbons (Fsp3) is 0.522. The molecule has 2 aliphatic heterocycles. The average molecular weight is 446 g/mol. The van der Waals surface area contributed by atoms with Crippen molar-refractivity contribution in [3.8, 4) is 0 Å². The number of oxime groups is 1. The second-order valence-corrected chi connectivity index (χ2v) is 8.60. The summed E-state index contributed by atoms with van der Waals surface area (Å²) in [7, 11) is 0. The van der Waals surface area contributed by atoms with Crippen molar-refractivity contribution >= 4 is 5.71 Å². The zero-order valence-electron chi connectivity index (χ0n) is 18.1. The van der Waals surface area contributed by atoms with Gasteiger partial charge in [0.2, 0.25) is 0 Å². The van der Waals surface area contributed by atoms with E-state index in [9.17, 15) is 23.9 Å². The maximum atomic E-state index is 14.2. The lowest BCUT2D eigenvalue weighted by molar-refractivity contribution is 0.129. The van der Waals surface area contributed by atoms with Crippen LogP contribution in [0.15, 0.2) is 28.1 Å². The SMILES string of the molecule is Cc1nc2n(c(=O)c1CCN1CCC(/C(=N/O)c3c(F)cccc3F)CC1)CCCC2O. The van der Waals surface area contributed by atoms with Gasteiger partial charge in [-0.15, -0.1) is 0 Å². The van der Waals surface area contributed by atoms with Gasteiger partial charge in [0.15, 0.2) is 0 Å². The molecule has 9 heteroatoms. The molecule has 1 aromatic carbocycles. The van der Waals surface area contributed by atoms with Gasteiger partial charge >= 0.3 is 0 Å². The van der Waals surface area contributed by atoms with Crippen LogP contribution in [0.1, 0.15) is 54.4 Å². The van der Waals surface area contributed by atoms with Gasteiger partial charge < -0.3 is 15.2 Å². The third kappa shape index (κ3) is 4.31. The Hall–Kier alpha value is -2.65. The van der Waals surface area contributed by atoms with Gasteiger partial charge in [0, 0.05) is 30.3 Å². The highest BCUT2D eigenvalue weighted by atomic mass is 19.1. The molecule has 2 aromatic rings. The Labute approximate surface area is 185 Å². The summed E-state index contributed by atoms with van der Waals surface area (Å²) in [5.74, 6) is -1.26. The molecule has 7 nitrogen and oxygen atoms in total. The van der Waals surface area contributed by atoms with Crippen LogP contribution in [0, 0.1) is 24.5 Å². The first-order chi connectivity index (χ1) is 15.4. The van der Waals surface area contributed by atoms with Crippen molar-refractivity contribution < 1.29 is 19.1 Å². The smallest absolute Gasteiger partial charge is 0.257 e. The second-order valence-electron chi connectivity index (χ2n) is 8.60. The number of fused-ring (bicyclic) bond motifs is 1. The van der Waals surface area contributed by atoms with Crippen molar-refractivity contribution in [2.45, 2.75) is 51.7 Å². The summed E-state index contributed by atoms with van der Waals surface area (Å²) < 4.78 is 29.9. The predicted molar refractivity (Wildman–Crippen MR) is 115 cm³/mol. The van der Waals surface area contributed by atoms with Crippen molar-refractivity contribution in [3.63, 3.8) is 0 Å². The molecular formula is C23H28F2N4O3. The van der Waals surface area contributed by atoms with Crippen LogP contribution in [-0.4, -0.2) is 50.1 Å². The van der Waals surface area contributed by atoms with Crippen LogP contribution < -0.4 is 5.56 Å². The van der Waals surface area contributed by atoms with Crippen LogP contribution in [0.4, 0.5) is 8.78 Å². The van der Waals surface area contributed by atoms with E-state index in [1.807, 2.05) is 0 Å². The van der Waals surface area contributed by atoms with Crippen molar-refractivity contribution in [1.29, 1.82) is 0 Å². The molecule has 0 aliphatic carbocycles. The number of benzene rings is 1. The van der Waals surface area contributed by atoms with Gasteiger partial charge in [-0.1, -0.05) is 11.2 Å². The molecule has 0 saturated carbocycles. The number of hydrogen-bond acceptors (Lipinski definition) is 6. The van der Waals surface area contributed by atoms with E-state index in [1.165, 1.54) is 6.07 Å². The minimum atomic E-state index is -0.735. The number of likely N-dealkylation sites (tertiary alicyclic amines) is 1. The average Bonchev–Trinajstić information content (AvgIpc) is 2.78. The summed E-state index contributed by atoms with van der Waals surface area (Å²) in [5.41, 5.74) is 1.02. The Morgan fingerprint density at radius 3 is 2.53 bits per heavy atom. The molecule has 1 fully saturated rings. The van der Waals surface area contributed by atoms with E-state index in [0.29, 0.717) is 68.9 Å². The van der Waals surface area contributed by atoms with E-state index in [0.717, 1.165) is 18.6 Å². The van der Waals surface area contributed by atoms with E-state index >= 15 is 0 Å². The molecular weight excluding hydrogens is 418 g/mol. The normalized spacial score (nSPS) is 20.4. The maximum absolute atomic E-state index is 14.2. The van der Waals surface area contributed by atoms with E-state index < -0.39 is 17.7 Å². The summed E-state index contributed by atoms with van der Waals surface area (Å²) in [4.78, 5) is 19.6. The number of rotatable bonds is 5. The van der Waals surface area contributed by atoms with Gasteiger partial charge in [0.25, 0.3) is 5.56 Å². The Balaban J connectivity index is 1.41. The molecule has 1 aromatic heterocycles. The molecule has 3 heterocycles. The van der Waals surface area contributed by atoms with Crippen molar-refractivity contribution in [1.82, 2.24) is 14.5 Å². The topological polar surface area (TPSA) is 91.0 Å². The van der Waals surface area contributed by atoms with Gasteiger partial charge in [-0.05, 0) is 64.3 Å². The summed E-state index contributed by atoms with van der Waals surface area (Å²) in [6, 6.07) is 3.60. The first-order valence-corrected chi connectivity index (χ1v) is 11.1. The van der Waals surface area contributed by atoms with Crippen molar-refractivity contribution in [3.05, 3.63) is 62.8 Å². The monoisotopic (exact) mass is 446 g/mol. The maximum Gasteiger partial charge on any atom is 0.257 e. The number of aryl methyl sites for hydroxylation is 1. The molecule has 0 radical (unpaired) electrons. The summed E-state index contributed by atoms with van der Waals surface area (Å²) in [6.45, 7) is 4.37. The summed E-state index contributed by atoms with van der Waals surface area (Å²) in [6.07, 6.45) is 2.42. The third-order valence-corrected chi connectivity index (χ3v) is 6.64. The highest BCUT2D eigenvalue weighted by Gasteiger charge is 2.29. The first-order valence-electron chi connectivity index (χ1n) is 11.1. The molecule has 1 unspecified atom stereocenters. The minimum Gasteiger partial charge on any atom is -0.411 e. The Morgan fingerprint density at radius 1 is 1.19 bits per heavy atom. The lowest BCUT2D eigenvalue weighted by atomic mass is 9.87. The molecule has 1 atom stereocenters. The lowest BCUT2D eigenvalue weighted by Gasteiger charge is -2.32. The Morgan fingerprint density at radius 2 is 1.88 bits per heavy atom. The van der Waals surface area contributed by atoms with Crippen LogP contribution in [-0.2, 0) is 13.0 Å². The summed E-state index contributed by atoms with van der Waals surface area (Å²) >= 11 is 0. The molecule has 0 spiro atoms. The standard InChI is InChI=1S/C23H28F2N4O3/c1-14-16(23(31)29-10-3-6-19(30)22(29)26-14)9-13-28-11-7-15(8-12-28)21(27-32)20-17(24)4-2-5-18(20)25/h2,4-5,15,19,30,32H,3,6-13H2,1H3/b27-21-. The van der Waals surface area contributed by atoms with Gasteiger partial charge in [-0.2, -0.15) is 0 Å². The van der Waals surface area contributed by atoms with Gasteiger partial charge in [-0.3, -0.25) is 9.36 Å². The van der Waals surface area contributed by atoms with Crippen LogP contribution in [0.5, 0.6) is 0 Å². The quantitative estimate of drug-likeness (QED) is 0.419. The minimum absolute atomic E-state index is 0.0479. The highest BCUT2D eigenvalue weighted by molar-refractivity contribution is 6.02. The van der Waals surface area contributed by atoms with Gasteiger partial charge in [0.05, 0.1) is 11.3 Å². The molecule has 0 bridgehead atoms. The number of piperidine rings is 1. The molecule has 172 valence electrons. The Bertz CT molecular complexity index is 1060. The number of nitrogens with zero attached hydrogens (tertiary/aromatic N) is 4. The van der Waals surface area contributed by atoms with Gasteiger partial charge in [0.1, 0.15) is 23.6 Å². The number of aliphatic hydroxyl groups excluding tert-OH is 1. The molecule has 0 amide bonds. The number of aliphatic hydroxyl groups is 1. The number of hydrogen-bond donors (Lipinski definition) is 2. The van der Waals surface area contributed by atoms with Crippen LogP contribution in [0.3, 0.4) is 0 Å². The predicted octanol–water partition coefficient (Wildman–Crippen LogP) is 2.79. The van der Waals surface area contributed by atoms with E-state index in [-0.39, 0.29) is 22.8 Å². The van der Waals surface area contributed by atoms with Crippen LogP contribution >= 0.6 is 0 Å². The fourth-order valence-corrected chi connectivity index (χ4v) is 4.83. The van der Waals surface area contributed by atoms with Crippen LogP contribution in [0.2, 0.25) is 0 Å². The molecule has 2 aliphatic rings. The fourth-order valence-electron chi connectivity index (χ4n) is 4.83. The molecule has 2 N–H and O–H groups in total. The first kappa shape index (κ1) is 22.5. The zero-order chi connectivity index (χ0) is 22.8. The van der Waals surface area contributed by atoms with Crippen molar-refractivity contribution in [2.75, 3.05) is 19.6 Å². The highest BCUT2D eigenvalue weighted by Crippen LogP contribution is 2.26. The number of aromatic nitrogens is 2. The second kappa shape index (κ2) is 9.46. The third-order valence-electron chi connectivity index (χ3n) is 6.64. The molecule has 32 heavy (non-hydrogen) atoms. The van der Waals surface area contributed by atoms with E-state index in [4.69, 9.17) is 0 Å². The largest absolute Gasteiger partial charge is 0.411 e. The van der Waals surface area contributed by atoms with E-state index in [2.05, 4.69) is 15.0 Å². The summed E-state index contributed by atoms with van der Waals surface area (Å²) in [5, 5.41) is 22.8. The van der Waals surface area contributed by atoms with Crippen molar-refractivity contribution in [2.24, 2.45) is 11.1 Å². The van der Waals surface area contributed by atoms with Gasteiger partial charge in [-0.25, -0.2) is 13.8 Å². The van der Waals surface area contributed by atoms with E-state index in [1.54, 1.807) is 11.5 Å². The molecule has 1 saturated heterocycles. The van der Waals surface area contributed by atoms with Crippen LogP contribution in [0.25, 0.3) is 0 Å². The zero-order valence-corrected chi connectivity index (χ0v) is 18.1. The Kier molecular flexibility index (Phi) is 6.66. The number of halogens is 2. The lowest BCUT2D eigenvalue weighted by Crippen LogP contribution is -2.39. The molecule has 4 rings (SSSR count).